The SMILES string of the molecule is COC(=O)C1CN(C(=O)CC2CCC2)CCO1. The van der Waals surface area contributed by atoms with E-state index in [1.54, 1.807) is 4.90 Å². The van der Waals surface area contributed by atoms with Crippen LogP contribution < -0.4 is 0 Å². The van der Waals surface area contributed by atoms with Gasteiger partial charge in [-0.1, -0.05) is 6.42 Å². The largest absolute Gasteiger partial charge is 0.467 e. The van der Waals surface area contributed by atoms with E-state index in [4.69, 9.17) is 4.74 Å². The molecule has 0 aromatic heterocycles. The smallest absolute Gasteiger partial charge is 0.336 e. The van der Waals surface area contributed by atoms with Crippen LogP contribution in [0.3, 0.4) is 0 Å². The van der Waals surface area contributed by atoms with Crippen molar-refractivity contribution in [1.29, 1.82) is 0 Å². The first kappa shape index (κ1) is 12.4. The third-order valence-electron chi connectivity index (χ3n) is 3.57. The molecule has 1 aliphatic carbocycles. The van der Waals surface area contributed by atoms with Crippen molar-refractivity contribution < 1.29 is 19.1 Å². The van der Waals surface area contributed by atoms with E-state index in [0.29, 0.717) is 32.0 Å². The molecule has 0 bridgehead atoms. The Morgan fingerprint density at radius 2 is 2.18 bits per heavy atom. The summed E-state index contributed by atoms with van der Waals surface area (Å²) in [5.74, 6) is 0.306. The minimum Gasteiger partial charge on any atom is -0.467 e. The van der Waals surface area contributed by atoms with Crippen LogP contribution in [0.4, 0.5) is 0 Å². The molecule has 0 aromatic rings. The molecule has 1 unspecified atom stereocenters. The molecule has 5 nitrogen and oxygen atoms in total. The lowest BCUT2D eigenvalue weighted by atomic mass is 9.82. The molecule has 1 amide bonds. The van der Waals surface area contributed by atoms with E-state index < -0.39 is 12.1 Å². The van der Waals surface area contributed by atoms with Crippen LogP contribution in [0.1, 0.15) is 25.7 Å². The maximum atomic E-state index is 12.0. The average Bonchev–Trinajstić information content (AvgIpc) is 2.32. The van der Waals surface area contributed by atoms with Crippen LogP contribution in [0, 0.1) is 5.92 Å². The fourth-order valence-corrected chi connectivity index (χ4v) is 2.22. The van der Waals surface area contributed by atoms with Crippen LogP contribution in [-0.2, 0) is 19.1 Å². The normalized spacial score (nSPS) is 25.2. The lowest BCUT2D eigenvalue weighted by Gasteiger charge is -2.33. The van der Waals surface area contributed by atoms with Crippen molar-refractivity contribution in [2.45, 2.75) is 31.8 Å². The molecule has 0 aromatic carbocycles. The Kier molecular flexibility index (Phi) is 3.99. The van der Waals surface area contributed by atoms with Crippen molar-refractivity contribution in [3.05, 3.63) is 0 Å². The molecule has 1 aliphatic heterocycles. The summed E-state index contributed by atoms with van der Waals surface area (Å²) in [6, 6.07) is 0. The highest BCUT2D eigenvalue weighted by molar-refractivity contribution is 5.79. The number of methoxy groups -OCH3 is 1. The molecule has 2 aliphatic rings. The number of rotatable bonds is 3. The minimum atomic E-state index is -0.612. The van der Waals surface area contributed by atoms with Gasteiger partial charge in [0.15, 0.2) is 6.10 Å². The van der Waals surface area contributed by atoms with Crippen molar-refractivity contribution in [3.8, 4) is 0 Å². The average molecular weight is 241 g/mol. The topological polar surface area (TPSA) is 55.8 Å². The molecular formula is C12H19NO4. The standard InChI is InChI=1S/C12H19NO4/c1-16-12(15)10-8-13(5-6-17-10)11(14)7-9-3-2-4-9/h9-10H,2-8H2,1H3. The van der Waals surface area contributed by atoms with Crippen LogP contribution in [-0.4, -0.2) is 49.7 Å². The Morgan fingerprint density at radius 3 is 2.76 bits per heavy atom. The zero-order chi connectivity index (χ0) is 12.3. The van der Waals surface area contributed by atoms with Gasteiger partial charge in [-0.2, -0.15) is 0 Å². The first-order valence-corrected chi connectivity index (χ1v) is 6.18. The number of nitrogens with zero attached hydrogens (tertiary/aromatic N) is 1. The second-order valence-electron chi connectivity index (χ2n) is 4.72. The summed E-state index contributed by atoms with van der Waals surface area (Å²) in [6.45, 7) is 1.33. The van der Waals surface area contributed by atoms with Gasteiger partial charge < -0.3 is 14.4 Å². The first-order valence-electron chi connectivity index (χ1n) is 6.18. The van der Waals surface area contributed by atoms with Gasteiger partial charge in [0.1, 0.15) is 0 Å². The second kappa shape index (κ2) is 5.49. The van der Waals surface area contributed by atoms with E-state index in [9.17, 15) is 9.59 Å². The van der Waals surface area contributed by atoms with Crippen LogP contribution in [0.25, 0.3) is 0 Å². The number of carbonyl (C=O) groups excluding carboxylic acids is 2. The quantitative estimate of drug-likeness (QED) is 0.678. The molecule has 1 atom stereocenters. The number of hydrogen-bond acceptors (Lipinski definition) is 4. The molecule has 1 heterocycles. The van der Waals surface area contributed by atoms with E-state index in [-0.39, 0.29) is 5.91 Å². The zero-order valence-corrected chi connectivity index (χ0v) is 10.2. The van der Waals surface area contributed by atoms with E-state index >= 15 is 0 Å². The van der Waals surface area contributed by atoms with Crippen LogP contribution >= 0.6 is 0 Å². The van der Waals surface area contributed by atoms with Crippen molar-refractivity contribution in [3.63, 3.8) is 0 Å². The minimum absolute atomic E-state index is 0.145. The maximum Gasteiger partial charge on any atom is 0.336 e. The van der Waals surface area contributed by atoms with Crippen LogP contribution in [0.5, 0.6) is 0 Å². The van der Waals surface area contributed by atoms with Crippen LogP contribution in [0.2, 0.25) is 0 Å². The van der Waals surface area contributed by atoms with Crippen molar-refractivity contribution in [2.24, 2.45) is 5.92 Å². The molecule has 17 heavy (non-hydrogen) atoms. The molecule has 0 N–H and O–H groups in total. The van der Waals surface area contributed by atoms with Crippen molar-refractivity contribution in [1.82, 2.24) is 4.90 Å². The number of esters is 1. The predicted octanol–water partition coefficient (Wildman–Crippen LogP) is 0.577. The molecule has 2 rings (SSSR count). The van der Waals surface area contributed by atoms with Crippen molar-refractivity contribution in [2.75, 3.05) is 26.8 Å². The third kappa shape index (κ3) is 2.97. The Hall–Kier alpha value is -1.10. The zero-order valence-electron chi connectivity index (χ0n) is 10.2. The van der Waals surface area contributed by atoms with Gasteiger partial charge in [0.05, 0.1) is 20.3 Å². The number of amides is 1. The second-order valence-corrected chi connectivity index (χ2v) is 4.72. The summed E-state index contributed by atoms with van der Waals surface area (Å²) < 4.78 is 9.92. The Morgan fingerprint density at radius 1 is 1.41 bits per heavy atom. The summed E-state index contributed by atoms with van der Waals surface area (Å²) in [6.07, 6.45) is 3.58. The maximum absolute atomic E-state index is 12.0. The molecule has 0 spiro atoms. The van der Waals surface area contributed by atoms with Gasteiger partial charge in [0.2, 0.25) is 5.91 Å². The number of ether oxygens (including phenoxy) is 2. The summed E-state index contributed by atoms with van der Waals surface area (Å²) in [5, 5.41) is 0. The van der Waals surface area contributed by atoms with E-state index in [0.717, 1.165) is 12.8 Å². The van der Waals surface area contributed by atoms with Crippen LogP contribution in [0.15, 0.2) is 0 Å². The number of carbonyl (C=O) groups is 2. The lowest BCUT2D eigenvalue weighted by molar-refractivity contribution is -0.162. The third-order valence-corrected chi connectivity index (χ3v) is 3.57. The van der Waals surface area contributed by atoms with Gasteiger partial charge in [0, 0.05) is 13.0 Å². The summed E-state index contributed by atoms with van der Waals surface area (Å²) >= 11 is 0. The predicted molar refractivity (Wildman–Crippen MR) is 60.3 cm³/mol. The Balaban J connectivity index is 1.83. The highest BCUT2D eigenvalue weighted by atomic mass is 16.6. The molecule has 1 saturated carbocycles. The van der Waals surface area contributed by atoms with Crippen molar-refractivity contribution >= 4 is 11.9 Å². The number of morpholine rings is 1. The first-order chi connectivity index (χ1) is 8.20. The molecular weight excluding hydrogens is 222 g/mol. The summed E-state index contributed by atoms with van der Waals surface area (Å²) in [5.41, 5.74) is 0. The van der Waals surface area contributed by atoms with E-state index in [1.165, 1.54) is 13.5 Å². The summed E-state index contributed by atoms with van der Waals surface area (Å²) in [4.78, 5) is 25.0. The molecule has 1 saturated heterocycles. The van der Waals surface area contributed by atoms with E-state index in [2.05, 4.69) is 4.74 Å². The molecule has 96 valence electrons. The highest BCUT2D eigenvalue weighted by Gasteiger charge is 2.31. The summed E-state index contributed by atoms with van der Waals surface area (Å²) in [7, 11) is 1.33. The Bertz CT molecular complexity index is 301. The van der Waals surface area contributed by atoms with E-state index in [1.807, 2.05) is 0 Å². The van der Waals surface area contributed by atoms with Gasteiger partial charge in [0.25, 0.3) is 0 Å². The molecule has 2 fully saturated rings. The molecule has 0 radical (unpaired) electrons. The van der Waals surface area contributed by atoms with Gasteiger partial charge in [-0.05, 0) is 18.8 Å². The lowest BCUT2D eigenvalue weighted by Crippen LogP contribution is -2.49. The Labute approximate surface area is 101 Å². The highest BCUT2D eigenvalue weighted by Crippen LogP contribution is 2.30. The monoisotopic (exact) mass is 241 g/mol. The fourth-order valence-electron chi connectivity index (χ4n) is 2.22. The number of hydrogen-bond donors (Lipinski definition) is 0. The van der Waals surface area contributed by atoms with Gasteiger partial charge >= 0.3 is 5.97 Å². The molecule has 5 heteroatoms. The fraction of sp³-hybridized carbons (Fsp3) is 0.833. The van der Waals surface area contributed by atoms with Gasteiger partial charge in [-0.15, -0.1) is 0 Å². The van der Waals surface area contributed by atoms with Gasteiger partial charge in [-0.25, -0.2) is 4.79 Å². The van der Waals surface area contributed by atoms with Gasteiger partial charge in [-0.3, -0.25) is 4.79 Å².